The summed E-state index contributed by atoms with van der Waals surface area (Å²) >= 11 is 7.36. The van der Waals surface area contributed by atoms with Gasteiger partial charge in [-0.05, 0) is 41.8 Å². The third kappa shape index (κ3) is 5.86. The summed E-state index contributed by atoms with van der Waals surface area (Å²) in [5.74, 6) is -0.414. The lowest BCUT2D eigenvalue weighted by atomic mass is 10.1. The fourth-order valence-corrected chi connectivity index (χ4v) is 5.96. The highest BCUT2D eigenvalue weighted by Crippen LogP contribution is 2.34. The number of halogens is 1. The van der Waals surface area contributed by atoms with Crippen molar-refractivity contribution in [3.63, 3.8) is 0 Å². The summed E-state index contributed by atoms with van der Waals surface area (Å²) in [7, 11) is 0. The van der Waals surface area contributed by atoms with Crippen LogP contribution in [0, 0.1) is 0 Å². The van der Waals surface area contributed by atoms with Crippen molar-refractivity contribution in [2.75, 3.05) is 37.7 Å². The molecule has 3 heterocycles. The number of benzene rings is 2. The number of carbonyl (C=O) groups excluding carboxylic acids is 2. The number of rotatable bonds is 8. The van der Waals surface area contributed by atoms with Crippen molar-refractivity contribution in [1.82, 2.24) is 9.91 Å². The molecule has 0 aliphatic carbocycles. The Kier molecular flexibility index (Phi) is 7.81. The van der Waals surface area contributed by atoms with Crippen LogP contribution in [0.1, 0.15) is 24.0 Å². The number of nitrogens with two attached hydrogens (primary N) is 1. The number of hydrazone groups is 1. The number of primary amides is 1. The van der Waals surface area contributed by atoms with Gasteiger partial charge in [-0.15, -0.1) is 0 Å². The third-order valence-corrected chi connectivity index (χ3v) is 8.22. The predicted molar refractivity (Wildman–Crippen MR) is 143 cm³/mol. The number of hydrogen-bond acceptors (Lipinski definition) is 7. The summed E-state index contributed by atoms with van der Waals surface area (Å²) in [6, 6.07) is 15.7. The maximum atomic E-state index is 12.9. The molecule has 36 heavy (non-hydrogen) atoms. The molecule has 0 saturated carbocycles. The van der Waals surface area contributed by atoms with Crippen LogP contribution in [-0.2, 0) is 27.3 Å². The number of nitrogens with zero attached hydrogens (tertiary/aromatic N) is 4. The number of aryl methyl sites for hydroxylation is 1. The SMILES string of the molecule is NC(=O)C1SC(CCc2ccc(Cl)cc2)=NN1[C@@H]1CC(=O)N(c2ccc(CN3CCOCC3)cc2)C1. The number of thioether (sulfide) groups is 1. The van der Waals surface area contributed by atoms with E-state index in [0.717, 1.165) is 55.6 Å². The van der Waals surface area contributed by atoms with E-state index < -0.39 is 11.3 Å². The molecular formula is C26H30ClN5O3S. The Hall–Kier alpha value is -2.59. The highest BCUT2D eigenvalue weighted by molar-refractivity contribution is 8.15. The monoisotopic (exact) mass is 527 g/mol. The molecule has 3 aliphatic rings. The summed E-state index contributed by atoms with van der Waals surface area (Å²) in [5.41, 5.74) is 8.94. The minimum Gasteiger partial charge on any atom is -0.379 e. The maximum absolute atomic E-state index is 12.9. The molecule has 0 radical (unpaired) electrons. The average Bonchev–Trinajstić information content (AvgIpc) is 3.49. The lowest BCUT2D eigenvalue weighted by Gasteiger charge is -2.27. The van der Waals surface area contributed by atoms with Gasteiger partial charge in [-0.1, -0.05) is 47.6 Å². The van der Waals surface area contributed by atoms with Crippen molar-refractivity contribution in [3.8, 4) is 0 Å². The second-order valence-corrected chi connectivity index (χ2v) is 10.9. The van der Waals surface area contributed by atoms with Gasteiger partial charge < -0.3 is 15.4 Å². The second kappa shape index (κ2) is 11.2. The normalized spacial score (nSPS) is 22.8. The molecule has 3 aliphatic heterocycles. The molecule has 0 spiro atoms. The molecule has 190 valence electrons. The zero-order chi connectivity index (χ0) is 25.1. The Morgan fingerprint density at radius 1 is 1.06 bits per heavy atom. The van der Waals surface area contributed by atoms with Gasteiger partial charge in [0.15, 0.2) is 5.37 Å². The first kappa shape index (κ1) is 25.1. The summed E-state index contributed by atoms with van der Waals surface area (Å²) in [5, 5.41) is 7.44. The first-order valence-electron chi connectivity index (χ1n) is 12.2. The fraction of sp³-hybridized carbons (Fsp3) is 0.423. The molecule has 2 saturated heterocycles. The highest BCUT2D eigenvalue weighted by Gasteiger charge is 2.42. The minimum atomic E-state index is -0.598. The van der Waals surface area contributed by atoms with E-state index in [9.17, 15) is 9.59 Å². The number of anilines is 1. The van der Waals surface area contributed by atoms with E-state index in [1.807, 2.05) is 36.4 Å². The Bertz CT molecular complexity index is 1120. The molecule has 0 aromatic heterocycles. The average molecular weight is 528 g/mol. The fourth-order valence-electron chi connectivity index (χ4n) is 4.77. The van der Waals surface area contributed by atoms with Gasteiger partial charge in [-0.2, -0.15) is 5.10 Å². The predicted octanol–water partition coefficient (Wildman–Crippen LogP) is 3.08. The quantitative estimate of drug-likeness (QED) is 0.567. The molecule has 1 unspecified atom stereocenters. The zero-order valence-corrected chi connectivity index (χ0v) is 21.6. The topological polar surface area (TPSA) is 91.5 Å². The maximum Gasteiger partial charge on any atom is 0.252 e. The van der Waals surface area contributed by atoms with Crippen LogP contribution in [0.4, 0.5) is 5.69 Å². The van der Waals surface area contributed by atoms with E-state index >= 15 is 0 Å². The molecule has 2 aromatic rings. The van der Waals surface area contributed by atoms with E-state index in [-0.39, 0.29) is 11.9 Å². The van der Waals surface area contributed by atoms with E-state index in [2.05, 4.69) is 17.0 Å². The Balaban J connectivity index is 1.22. The van der Waals surface area contributed by atoms with Crippen molar-refractivity contribution >= 4 is 45.9 Å². The Morgan fingerprint density at radius 3 is 2.44 bits per heavy atom. The molecule has 2 aromatic carbocycles. The summed E-state index contributed by atoms with van der Waals surface area (Å²) in [4.78, 5) is 29.3. The number of hydrogen-bond donors (Lipinski definition) is 1. The van der Waals surface area contributed by atoms with Crippen molar-refractivity contribution in [2.45, 2.75) is 37.2 Å². The van der Waals surface area contributed by atoms with Gasteiger partial charge in [0, 0.05) is 43.3 Å². The van der Waals surface area contributed by atoms with E-state index in [0.29, 0.717) is 24.4 Å². The van der Waals surface area contributed by atoms with Gasteiger partial charge in [0.2, 0.25) is 5.91 Å². The molecule has 0 bridgehead atoms. The second-order valence-electron chi connectivity index (χ2n) is 9.29. The molecular weight excluding hydrogens is 498 g/mol. The van der Waals surface area contributed by atoms with Gasteiger partial charge >= 0.3 is 0 Å². The molecule has 2 fully saturated rings. The van der Waals surface area contributed by atoms with Gasteiger partial charge in [-0.3, -0.25) is 19.5 Å². The summed E-state index contributed by atoms with van der Waals surface area (Å²) in [6.45, 7) is 4.76. The largest absolute Gasteiger partial charge is 0.379 e. The summed E-state index contributed by atoms with van der Waals surface area (Å²) < 4.78 is 5.42. The number of ether oxygens (including phenoxy) is 1. The molecule has 5 rings (SSSR count). The van der Waals surface area contributed by atoms with Crippen LogP contribution >= 0.6 is 23.4 Å². The van der Waals surface area contributed by atoms with Crippen molar-refractivity contribution in [1.29, 1.82) is 0 Å². The van der Waals surface area contributed by atoms with Crippen LogP contribution in [0.2, 0.25) is 5.02 Å². The molecule has 2 N–H and O–H groups in total. The van der Waals surface area contributed by atoms with Crippen molar-refractivity contribution < 1.29 is 14.3 Å². The van der Waals surface area contributed by atoms with E-state index in [4.69, 9.17) is 27.2 Å². The summed E-state index contributed by atoms with van der Waals surface area (Å²) in [6.07, 6.45) is 1.78. The number of amides is 2. The zero-order valence-electron chi connectivity index (χ0n) is 20.0. The minimum absolute atomic E-state index is 0.0268. The lowest BCUT2D eigenvalue weighted by Crippen LogP contribution is -2.44. The number of morpholine rings is 1. The van der Waals surface area contributed by atoms with Crippen LogP contribution in [-0.4, -0.2) is 71.0 Å². The highest BCUT2D eigenvalue weighted by atomic mass is 35.5. The Labute approximate surface area is 220 Å². The van der Waals surface area contributed by atoms with Crippen molar-refractivity contribution in [2.24, 2.45) is 10.8 Å². The number of carbonyl (C=O) groups is 2. The van der Waals surface area contributed by atoms with Crippen molar-refractivity contribution in [3.05, 3.63) is 64.7 Å². The smallest absolute Gasteiger partial charge is 0.252 e. The van der Waals surface area contributed by atoms with Crippen LogP contribution in [0.15, 0.2) is 53.6 Å². The van der Waals surface area contributed by atoms with Crippen LogP contribution < -0.4 is 10.6 Å². The van der Waals surface area contributed by atoms with Gasteiger partial charge in [0.05, 0.1) is 30.7 Å². The standard InChI is InChI=1S/C26H30ClN5O3S/c27-20-6-1-18(2-7-20)5-10-23-29-32(26(36-23)25(28)34)22-15-24(33)31(17-22)21-8-3-19(4-9-21)16-30-11-13-35-14-12-30/h1-4,6-9,22,26H,5,10-17H2,(H2,28,34)/t22-,26?/m1/s1. The van der Waals surface area contributed by atoms with Gasteiger partial charge in [0.1, 0.15) is 0 Å². The van der Waals surface area contributed by atoms with E-state index in [1.54, 1.807) is 9.91 Å². The van der Waals surface area contributed by atoms with E-state index in [1.165, 1.54) is 17.3 Å². The van der Waals surface area contributed by atoms with Gasteiger partial charge in [-0.25, -0.2) is 0 Å². The van der Waals surface area contributed by atoms with Crippen LogP contribution in [0.25, 0.3) is 0 Å². The van der Waals surface area contributed by atoms with Gasteiger partial charge in [0.25, 0.3) is 5.91 Å². The molecule has 2 amide bonds. The lowest BCUT2D eigenvalue weighted by molar-refractivity contribution is -0.121. The molecule has 10 heteroatoms. The first-order chi connectivity index (χ1) is 17.5. The van der Waals surface area contributed by atoms with Crippen LogP contribution in [0.5, 0.6) is 0 Å². The molecule has 2 atom stereocenters. The van der Waals surface area contributed by atoms with Crippen LogP contribution in [0.3, 0.4) is 0 Å². The Morgan fingerprint density at radius 2 is 1.75 bits per heavy atom. The molecule has 8 nitrogen and oxygen atoms in total. The third-order valence-electron chi connectivity index (χ3n) is 6.74. The first-order valence-corrected chi connectivity index (χ1v) is 13.5.